The summed E-state index contributed by atoms with van der Waals surface area (Å²) in [4.78, 5) is 16.5. The third kappa shape index (κ3) is 5.27. The summed E-state index contributed by atoms with van der Waals surface area (Å²) in [6, 6.07) is 7.61. The van der Waals surface area contributed by atoms with Crippen LogP contribution in [0.2, 0.25) is 0 Å². The molecule has 2 fully saturated rings. The molecule has 0 bridgehead atoms. The van der Waals surface area contributed by atoms with Crippen LogP contribution in [0.3, 0.4) is 0 Å². The number of anilines is 1. The normalized spacial score (nSPS) is 19.2. The van der Waals surface area contributed by atoms with Gasteiger partial charge in [0.2, 0.25) is 5.92 Å². The van der Waals surface area contributed by atoms with Gasteiger partial charge in [-0.3, -0.25) is 0 Å². The van der Waals surface area contributed by atoms with Crippen molar-refractivity contribution in [1.82, 2.24) is 4.98 Å². The number of carboxylic acids is 1. The number of hydrogen-bond acceptors (Lipinski definition) is 5. The lowest BCUT2D eigenvalue weighted by Crippen LogP contribution is -2.51. The van der Waals surface area contributed by atoms with Gasteiger partial charge in [0.15, 0.2) is 0 Å². The minimum atomic E-state index is -2.83. The molecule has 2 N–H and O–H groups in total. The Bertz CT molecular complexity index is 1010. The predicted octanol–water partition coefficient (Wildman–Crippen LogP) is 5.58. The number of rotatable bonds is 9. The van der Waals surface area contributed by atoms with Gasteiger partial charge in [-0.25, -0.2) is 18.6 Å². The average Bonchev–Trinajstić information content (AvgIpc) is 3.60. The number of aliphatic carboxylic acids is 1. The van der Waals surface area contributed by atoms with E-state index in [2.05, 4.69) is 10.3 Å². The molecule has 6 nitrogen and oxygen atoms in total. The molecule has 178 valence electrons. The summed E-state index contributed by atoms with van der Waals surface area (Å²) in [5, 5.41) is 12.8. The summed E-state index contributed by atoms with van der Waals surface area (Å²) < 4.78 is 39.1. The highest BCUT2D eigenvalue weighted by Gasteiger charge is 2.48. The molecular weight excluding hydrogens is 430 g/mol. The van der Waals surface area contributed by atoms with E-state index in [-0.39, 0.29) is 18.9 Å². The topological polar surface area (TPSA) is 80.7 Å². The van der Waals surface area contributed by atoms with Gasteiger partial charge in [-0.2, -0.15) is 0 Å². The Morgan fingerprint density at radius 2 is 1.94 bits per heavy atom. The van der Waals surface area contributed by atoms with Crippen molar-refractivity contribution in [3.8, 4) is 16.9 Å². The Hall–Kier alpha value is -2.74. The number of aromatic nitrogens is 1. The number of ether oxygens (including phenoxy) is 2. The fourth-order valence-corrected chi connectivity index (χ4v) is 4.27. The molecule has 0 atom stereocenters. The number of nitrogens with zero attached hydrogens (tertiary/aromatic N) is 1. The SMILES string of the molecule is CCOc1cccc(-c2cnc(NC3(C(=O)O)CCC(F)(F)CC3)cc2COC2CC2)c1C. The van der Waals surface area contributed by atoms with E-state index < -0.39 is 30.3 Å². The van der Waals surface area contributed by atoms with Gasteiger partial charge < -0.3 is 19.9 Å². The molecule has 33 heavy (non-hydrogen) atoms. The highest BCUT2D eigenvalue weighted by atomic mass is 19.3. The lowest BCUT2D eigenvalue weighted by molar-refractivity contribution is -0.146. The number of halogens is 2. The van der Waals surface area contributed by atoms with Crippen LogP contribution in [0.25, 0.3) is 11.1 Å². The third-order valence-corrected chi connectivity index (χ3v) is 6.47. The van der Waals surface area contributed by atoms with E-state index in [1.807, 2.05) is 32.0 Å². The van der Waals surface area contributed by atoms with Gasteiger partial charge >= 0.3 is 5.97 Å². The summed E-state index contributed by atoms with van der Waals surface area (Å²) >= 11 is 0. The fraction of sp³-hybridized carbons (Fsp3) is 0.520. The molecular formula is C25H30F2N2O4. The fourth-order valence-electron chi connectivity index (χ4n) is 4.27. The number of pyridine rings is 1. The van der Waals surface area contributed by atoms with Crippen molar-refractivity contribution >= 4 is 11.8 Å². The molecule has 8 heteroatoms. The molecule has 1 aromatic heterocycles. The second-order valence-electron chi connectivity index (χ2n) is 8.97. The quantitative estimate of drug-likeness (QED) is 0.509. The van der Waals surface area contributed by atoms with Crippen molar-refractivity contribution in [3.63, 3.8) is 0 Å². The van der Waals surface area contributed by atoms with E-state index in [1.165, 1.54) is 0 Å². The van der Waals surface area contributed by atoms with E-state index in [0.29, 0.717) is 19.0 Å². The summed E-state index contributed by atoms with van der Waals surface area (Å²) in [5.41, 5.74) is 2.21. The molecule has 0 spiro atoms. The number of carbonyl (C=O) groups is 1. The summed E-state index contributed by atoms with van der Waals surface area (Å²) in [7, 11) is 0. The van der Waals surface area contributed by atoms with E-state index in [0.717, 1.165) is 40.8 Å². The van der Waals surface area contributed by atoms with Crippen LogP contribution in [0.5, 0.6) is 5.75 Å². The average molecular weight is 461 g/mol. The van der Waals surface area contributed by atoms with Crippen LogP contribution in [0.1, 0.15) is 56.6 Å². The Kier molecular flexibility index (Phi) is 6.56. The number of alkyl halides is 2. The largest absolute Gasteiger partial charge is 0.494 e. The van der Waals surface area contributed by atoms with Crippen molar-refractivity contribution in [1.29, 1.82) is 0 Å². The summed E-state index contributed by atoms with van der Waals surface area (Å²) in [5.74, 6) is -2.83. The summed E-state index contributed by atoms with van der Waals surface area (Å²) in [6.45, 7) is 4.83. The zero-order chi connectivity index (χ0) is 23.6. The van der Waals surface area contributed by atoms with Crippen LogP contribution in [-0.4, -0.2) is 40.2 Å². The number of nitrogens with one attached hydrogen (secondary N) is 1. The first-order valence-electron chi connectivity index (χ1n) is 11.5. The van der Waals surface area contributed by atoms with E-state index in [9.17, 15) is 18.7 Å². The number of hydrogen-bond donors (Lipinski definition) is 2. The minimum absolute atomic E-state index is 0.165. The molecule has 0 radical (unpaired) electrons. The highest BCUT2D eigenvalue weighted by molar-refractivity contribution is 5.83. The van der Waals surface area contributed by atoms with Crippen LogP contribution < -0.4 is 10.1 Å². The molecule has 1 aromatic carbocycles. The maximum Gasteiger partial charge on any atom is 0.329 e. The van der Waals surface area contributed by atoms with Crippen LogP contribution in [0.4, 0.5) is 14.6 Å². The van der Waals surface area contributed by atoms with Crippen molar-refractivity contribution in [2.45, 2.75) is 76.5 Å². The Morgan fingerprint density at radius 1 is 1.21 bits per heavy atom. The van der Waals surface area contributed by atoms with Crippen LogP contribution in [0.15, 0.2) is 30.5 Å². The molecule has 2 aromatic rings. The van der Waals surface area contributed by atoms with Crippen molar-refractivity contribution < 1.29 is 28.2 Å². The van der Waals surface area contributed by atoms with E-state index >= 15 is 0 Å². The lowest BCUT2D eigenvalue weighted by Gasteiger charge is -2.37. The van der Waals surface area contributed by atoms with Gasteiger partial charge in [-0.1, -0.05) is 12.1 Å². The van der Waals surface area contributed by atoms with Gasteiger partial charge in [0.25, 0.3) is 0 Å². The molecule has 2 aliphatic carbocycles. The second kappa shape index (κ2) is 9.25. The molecule has 2 aliphatic rings. The van der Waals surface area contributed by atoms with Crippen molar-refractivity contribution in [2.24, 2.45) is 0 Å². The first-order chi connectivity index (χ1) is 15.7. The van der Waals surface area contributed by atoms with Gasteiger partial charge in [-0.15, -0.1) is 0 Å². The first-order valence-corrected chi connectivity index (χ1v) is 11.5. The number of benzene rings is 1. The maximum absolute atomic E-state index is 13.7. The summed E-state index contributed by atoms with van der Waals surface area (Å²) in [6.07, 6.45) is 2.73. The zero-order valence-corrected chi connectivity index (χ0v) is 19.0. The molecule has 0 amide bonds. The van der Waals surface area contributed by atoms with Gasteiger partial charge in [0, 0.05) is 24.6 Å². The maximum atomic E-state index is 13.7. The monoisotopic (exact) mass is 460 g/mol. The highest BCUT2D eigenvalue weighted by Crippen LogP contribution is 2.41. The molecule has 0 unspecified atom stereocenters. The van der Waals surface area contributed by atoms with Crippen LogP contribution in [-0.2, 0) is 16.1 Å². The Labute approximate surface area is 192 Å². The van der Waals surface area contributed by atoms with Crippen LogP contribution in [0, 0.1) is 6.92 Å². The molecule has 0 aliphatic heterocycles. The van der Waals surface area contributed by atoms with E-state index in [4.69, 9.17) is 9.47 Å². The molecule has 2 saturated carbocycles. The lowest BCUT2D eigenvalue weighted by atomic mass is 9.79. The zero-order valence-electron chi connectivity index (χ0n) is 19.0. The van der Waals surface area contributed by atoms with Crippen molar-refractivity contribution in [3.05, 3.63) is 41.6 Å². The Morgan fingerprint density at radius 3 is 2.58 bits per heavy atom. The first kappa shape index (κ1) is 23.4. The third-order valence-electron chi connectivity index (χ3n) is 6.47. The standard InChI is InChI=1S/C25H30F2N2O4/c1-3-32-21-6-4-5-19(16(21)2)20-14-28-22(13-17(20)15-33-18-7-8-18)29-24(23(30)31)9-11-25(26,27)12-10-24/h4-6,13-14,18H,3,7-12,15H2,1-2H3,(H,28,29)(H,30,31). The van der Waals surface area contributed by atoms with Gasteiger partial charge in [0.05, 0.1) is 19.3 Å². The Balaban J connectivity index is 1.66. The second-order valence-corrected chi connectivity index (χ2v) is 8.97. The van der Waals surface area contributed by atoms with Gasteiger partial charge in [0.1, 0.15) is 17.1 Å². The number of carboxylic acid groups (broad SMARTS) is 1. The molecule has 0 saturated heterocycles. The van der Waals surface area contributed by atoms with Gasteiger partial charge in [-0.05, 0) is 68.4 Å². The minimum Gasteiger partial charge on any atom is -0.494 e. The predicted molar refractivity (Wildman–Crippen MR) is 121 cm³/mol. The molecule has 4 rings (SSSR count). The van der Waals surface area contributed by atoms with Crippen LogP contribution >= 0.6 is 0 Å². The van der Waals surface area contributed by atoms with E-state index in [1.54, 1.807) is 12.3 Å². The van der Waals surface area contributed by atoms with Crippen molar-refractivity contribution in [2.75, 3.05) is 11.9 Å². The smallest absolute Gasteiger partial charge is 0.329 e. The molecule has 1 heterocycles.